The van der Waals surface area contributed by atoms with Crippen molar-refractivity contribution in [2.24, 2.45) is 0 Å². The average Bonchev–Trinajstić information content (AvgIpc) is 2.43. The maximum absolute atomic E-state index is 5.95. The van der Waals surface area contributed by atoms with Gasteiger partial charge < -0.3 is 8.23 Å². The Balaban J connectivity index is 2.54. The van der Waals surface area contributed by atoms with Crippen molar-refractivity contribution in [3.8, 4) is 0 Å². The predicted octanol–water partition coefficient (Wildman–Crippen LogP) is -1.16. The minimum atomic E-state index is -2.37. The second-order valence-corrected chi connectivity index (χ2v) is 9.41. The van der Waals surface area contributed by atoms with Crippen LogP contribution in [0.15, 0.2) is 60.7 Å². The zero-order valence-electron chi connectivity index (χ0n) is 10.1. The van der Waals surface area contributed by atoms with Crippen molar-refractivity contribution >= 4 is 39.9 Å². The SMILES string of the molecule is [SiH3]O[Si](O[SiH3])(c1ccccc1)c1ccccc1. The molecular weight excluding hydrogens is 260 g/mol. The van der Waals surface area contributed by atoms with Crippen LogP contribution in [0.2, 0.25) is 0 Å². The summed E-state index contributed by atoms with van der Waals surface area (Å²) in [5, 5.41) is 2.38. The van der Waals surface area contributed by atoms with Crippen molar-refractivity contribution in [3.63, 3.8) is 0 Å². The Kier molecular flexibility index (Phi) is 4.08. The van der Waals surface area contributed by atoms with Crippen molar-refractivity contribution in [2.45, 2.75) is 0 Å². The summed E-state index contributed by atoms with van der Waals surface area (Å²) in [5.74, 6) is 0. The summed E-state index contributed by atoms with van der Waals surface area (Å²) in [6.07, 6.45) is 0. The van der Waals surface area contributed by atoms with E-state index in [-0.39, 0.29) is 0 Å². The van der Waals surface area contributed by atoms with E-state index in [9.17, 15) is 0 Å². The number of hydrogen-bond donors (Lipinski definition) is 0. The van der Waals surface area contributed by atoms with Crippen LogP contribution in [0.1, 0.15) is 0 Å². The van der Waals surface area contributed by atoms with Crippen LogP contribution < -0.4 is 10.4 Å². The zero-order chi connectivity index (χ0) is 12.1. The Morgan fingerprint density at radius 1 is 0.647 bits per heavy atom. The first kappa shape index (κ1) is 12.5. The Bertz CT molecular complexity index is 416. The third-order valence-electron chi connectivity index (χ3n) is 2.88. The van der Waals surface area contributed by atoms with E-state index >= 15 is 0 Å². The lowest BCUT2D eigenvalue weighted by atomic mass is 10.4. The lowest BCUT2D eigenvalue weighted by molar-refractivity contribution is 0.466. The molecule has 0 aliphatic heterocycles. The molecule has 0 N–H and O–H groups in total. The molecule has 2 aromatic carbocycles. The van der Waals surface area contributed by atoms with E-state index in [1.54, 1.807) is 0 Å². The van der Waals surface area contributed by atoms with Crippen molar-refractivity contribution < 1.29 is 8.23 Å². The Labute approximate surface area is 109 Å². The molecule has 17 heavy (non-hydrogen) atoms. The molecule has 0 saturated heterocycles. The van der Waals surface area contributed by atoms with Gasteiger partial charge in [-0.3, -0.25) is 0 Å². The summed E-state index contributed by atoms with van der Waals surface area (Å²) in [6, 6.07) is 20.6. The molecule has 5 heteroatoms. The van der Waals surface area contributed by atoms with Gasteiger partial charge >= 0.3 is 8.56 Å². The van der Waals surface area contributed by atoms with E-state index in [0.717, 1.165) is 0 Å². The summed E-state index contributed by atoms with van der Waals surface area (Å²) >= 11 is 0. The van der Waals surface area contributed by atoms with Crippen molar-refractivity contribution in [1.82, 2.24) is 0 Å². The molecule has 0 aliphatic rings. The predicted molar refractivity (Wildman–Crippen MR) is 80.0 cm³/mol. The second kappa shape index (κ2) is 5.56. The smallest absolute Gasteiger partial charge is 0.385 e. The molecule has 0 atom stereocenters. The van der Waals surface area contributed by atoms with Crippen LogP contribution in [0, 0.1) is 0 Å². The van der Waals surface area contributed by atoms with Gasteiger partial charge in [0, 0.05) is 0 Å². The second-order valence-electron chi connectivity index (χ2n) is 3.76. The zero-order valence-corrected chi connectivity index (χ0v) is 15.1. The quantitative estimate of drug-likeness (QED) is 0.656. The Hall–Kier alpha value is -0.989. The Morgan fingerprint density at radius 3 is 1.29 bits per heavy atom. The molecule has 0 aliphatic carbocycles. The molecule has 2 aromatic rings. The minimum Gasteiger partial charge on any atom is -0.439 e. The van der Waals surface area contributed by atoms with Gasteiger partial charge in [0.05, 0.1) is 0 Å². The van der Waals surface area contributed by atoms with Gasteiger partial charge in [0.25, 0.3) is 0 Å². The fourth-order valence-corrected chi connectivity index (χ4v) is 9.57. The monoisotopic (exact) mass is 276 g/mol. The maximum Gasteiger partial charge on any atom is 0.385 e. The molecule has 0 heterocycles. The van der Waals surface area contributed by atoms with Gasteiger partial charge in [0.1, 0.15) is 21.0 Å². The van der Waals surface area contributed by atoms with Gasteiger partial charge in [-0.15, -0.1) is 0 Å². The summed E-state index contributed by atoms with van der Waals surface area (Å²) in [7, 11) is -1.00. The first-order valence-electron chi connectivity index (χ1n) is 5.55. The van der Waals surface area contributed by atoms with E-state index in [4.69, 9.17) is 8.23 Å². The molecule has 2 nitrogen and oxygen atoms in total. The molecule has 0 radical (unpaired) electrons. The van der Waals surface area contributed by atoms with Gasteiger partial charge in [-0.1, -0.05) is 60.7 Å². The number of hydrogen-bond acceptors (Lipinski definition) is 2. The van der Waals surface area contributed by atoms with Crippen molar-refractivity contribution in [1.29, 1.82) is 0 Å². The van der Waals surface area contributed by atoms with Crippen molar-refractivity contribution in [2.75, 3.05) is 0 Å². The van der Waals surface area contributed by atoms with E-state index < -0.39 is 8.56 Å². The molecule has 88 valence electrons. The highest BCUT2D eigenvalue weighted by Gasteiger charge is 2.38. The lowest BCUT2D eigenvalue weighted by Gasteiger charge is -2.29. The highest BCUT2D eigenvalue weighted by atomic mass is 28.4. The topological polar surface area (TPSA) is 18.5 Å². The first-order valence-corrected chi connectivity index (χ1v) is 9.00. The maximum atomic E-state index is 5.95. The highest BCUT2D eigenvalue weighted by Crippen LogP contribution is 2.06. The molecule has 2 rings (SSSR count). The summed E-state index contributed by atoms with van der Waals surface area (Å²) in [4.78, 5) is 0. The fraction of sp³-hybridized carbons (Fsp3) is 0. The van der Waals surface area contributed by atoms with Crippen LogP contribution in [-0.4, -0.2) is 29.5 Å². The largest absolute Gasteiger partial charge is 0.439 e. The van der Waals surface area contributed by atoms with E-state index in [0.29, 0.717) is 21.0 Å². The Morgan fingerprint density at radius 2 is 1.00 bits per heavy atom. The van der Waals surface area contributed by atoms with Gasteiger partial charge in [0.2, 0.25) is 0 Å². The van der Waals surface area contributed by atoms with Crippen LogP contribution >= 0.6 is 0 Å². The van der Waals surface area contributed by atoms with Crippen LogP contribution in [0.5, 0.6) is 0 Å². The standard InChI is InChI=1S/C12H16O2Si3/c15-13-17(14-16,11-7-3-1-4-8-11)12-9-5-2-6-10-12/h1-10H,15-16H3. The molecule has 0 saturated carbocycles. The van der Waals surface area contributed by atoms with E-state index in [1.165, 1.54) is 10.4 Å². The highest BCUT2D eigenvalue weighted by molar-refractivity contribution is 6.95. The van der Waals surface area contributed by atoms with Gasteiger partial charge in [0.15, 0.2) is 0 Å². The molecule has 0 bridgehead atoms. The van der Waals surface area contributed by atoms with Crippen LogP contribution in [-0.2, 0) is 8.23 Å². The van der Waals surface area contributed by atoms with Crippen molar-refractivity contribution in [3.05, 3.63) is 60.7 Å². The van der Waals surface area contributed by atoms with E-state index in [1.807, 2.05) is 36.4 Å². The first-order chi connectivity index (χ1) is 8.33. The lowest BCUT2D eigenvalue weighted by Crippen LogP contribution is -2.62. The van der Waals surface area contributed by atoms with Crippen LogP contribution in [0.25, 0.3) is 0 Å². The van der Waals surface area contributed by atoms with Crippen LogP contribution in [0.3, 0.4) is 0 Å². The summed E-state index contributed by atoms with van der Waals surface area (Å²) < 4.78 is 11.9. The normalized spacial score (nSPS) is 11.8. The molecule has 0 aromatic heterocycles. The molecule has 0 fully saturated rings. The molecule has 0 unspecified atom stereocenters. The molecule has 0 spiro atoms. The van der Waals surface area contributed by atoms with Gasteiger partial charge in [-0.05, 0) is 10.4 Å². The summed E-state index contributed by atoms with van der Waals surface area (Å²) in [5.41, 5.74) is 0. The minimum absolute atomic E-state index is 0.684. The third kappa shape index (κ3) is 2.33. The summed E-state index contributed by atoms with van der Waals surface area (Å²) in [6.45, 7) is 0. The molecular formula is C12H16O2Si3. The number of benzene rings is 2. The van der Waals surface area contributed by atoms with Gasteiger partial charge in [-0.25, -0.2) is 0 Å². The average molecular weight is 277 g/mol. The fourth-order valence-electron chi connectivity index (χ4n) is 2.04. The van der Waals surface area contributed by atoms with E-state index in [2.05, 4.69) is 24.3 Å². The van der Waals surface area contributed by atoms with Gasteiger partial charge in [-0.2, -0.15) is 0 Å². The van der Waals surface area contributed by atoms with Crippen LogP contribution in [0.4, 0.5) is 0 Å². The number of rotatable bonds is 4. The molecule has 0 amide bonds. The third-order valence-corrected chi connectivity index (χ3v) is 9.67.